The summed E-state index contributed by atoms with van der Waals surface area (Å²) in [6.07, 6.45) is 5.53. The number of hydrogen-bond donors (Lipinski definition) is 1. The molecule has 7 heteroatoms. The lowest BCUT2D eigenvalue weighted by Gasteiger charge is -2.13. The fraction of sp³-hybridized carbons (Fsp3) is 0.438. The van der Waals surface area contributed by atoms with Gasteiger partial charge in [0.1, 0.15) is 11.0 Å². The van der Waals surface area contributed by atoms with E-state index in [1.54, 1.807) is 37.0 Å². The Kier molecular flexibility index (Phi) is 4.47. The maximum atomic E-state index is 12.4. The highest BCUT2D eigenvalue weighted by molar-refractivity contribution is 7.15. The predicted molar refractivity (Wildman–Crippen MR) is 87.8 cm³/mol. The molecule has 1 aliphatic carbocycles. The summed E-state index contributed by atoms with van der Waals surface area (Å²) in [6, 6.07) is 1.32. The van der Waals surface area contributed by atoms with Crippen molar-refractivity contribution in [2.45, 2.75) is 38.6 Å². The first-order valence-electron chi connectivity index (χ1n) is 7.70. The predicted octanol–water partition coefficient (Wildman–Crippen LogP) is 3.20. The topological polar surface area (TPSA) is 73.2 Å². The van der Waals surface area contributed by atoms with E-state index >= 15 is 0 Å². The largest absolute Gasteiger partial charge is 0.462 e. The molecule has 1 fully saturated rings. The molecule has 6 nitrogen and oxygen atoms in total. The summed E-state index contributed by atoms with van der Waals surface area (Å²) in [5, 5.41) is 9.46. The van der Waals surface area contributed by atoms with Crippen LogP contribution in [-0.2, 0) is 9.53 Å². The normalized spacial score (nSPS) is 15.2. The summed E-state index contributed by atoms with van der Waals surface area (Å²) in [5.41, 5.74) is 1.51. The van der Waals surface area contributed by atoms with Crippen LogP contribution in [0.25, 0.3) is 0 Å². The summed E-state index contributed by atoms with van der Waals surface area (Å²) < 4.78 is 6.74. The number of carbonyl (C=O) groups is 2. The van der Waals surface area contributed by atoms with E-state index in [2.05, 4.69) is 10.4 Å². The highest BCUT2D eigenvalue weighted by Gasteiger charge is 2.32. The summed E-state index contributed by atoms with van der Waals surface area (Å²) in [4.78, 5) is 24.7. The van der Waals surface area contributed by atoms with Crippen LogP contribution < -0.4 is 5.32 Å². The van der Waals surface area contributed by atoms with Gasteiger partial charge >= 0.3 is 5.97 Å². The van der Waals surface area contributed by atoms with Gasteiger partial charge in [-0.3, -0.25) is 9.48 Å². The van der Waals surface area contributed by atoms with E-state index in [0.717, 1.165) is 18.4 Å². The van der Waals surface area contributed by atoms with Crippen molar-refractivity contribution in [3.63, 3.8) is 0 Å². The number of nitrogens with one attached hydrogen (secondary N) is 1. The molecule has 1 amide bonds. The molecule has 1 unspecified atom stereocenters. The number of amides is 1. The molecule has 0 radical (unpaired) electrons. The van der Waals surface area contributed by atoms with Crippen molar-refractivity contribution in [1.82, 2.24) is 9.78 Å². The number of anilines is 1. The molecule has 3 rings (SSSR count). The Balaban J connectivity index is 1.82. The van der Waals surface area contributed by atoms with Gasteiger partial charge in [-0.1, -0.05) is 0 Å². The second kappa shape index (κ2) is 6.54. The minimum absolute atomic E-state index is 0.205. The maximum Gasteiger partial charge on any atom is 0.341 e. The van der Waals surface area contributed by atoms with Gasteiger partial charge in [0.25, 0.3) is 0 Å². The highest BCUT2D eigenvalue weighted by Crippen LogP contribution is 2.46. The molecule has 23 heavy (non-hydrogen) atoms. The molecule has 0 bridgehead atoms. The van der Waals surface area contributed by atoms with Crippen molar-refractivity contribution in [2.24, 2.45) is 0 Å². The minimum Gasteiger partial charge on any atom is -0.462 e. The maximum absolute atomic E-state index is 12.4. The van der Waals surface area contributed by atoms with Gasteiger partial charge in [-0.15, -0.1) is 11.3 Å². The van der Waals surface area contributed by atoms with E-state index in [-0.39, 0.29) is 11.9 Å². The molecule has 122 valence electrons. The molecule has 0 aliphatic heterocycles. The number of nitrogens with zero attached hydrogens (tertiary/aromatic N) is 2. The standard InChI is InChI=1S/C16H19N3O3S/c1-3-22-16(21)13-12(11-5-6-11)9-23-15(13)18-14(20)10(2)19-8-4-7-17-19/h4,7-11H,3,5-6H2,1-2H3,(H,18,20). The Morgan fingerprint density at radius 2 is 2.30 bits per heavy atom. The number of ether oxygens (including phenoxy) is 1. The van der Waals surface area contributed by atoms with E-state index in [1.165, 1.54) is 11.3 Å². The average molecular weight is 333 g/mol. The van der Waals surface area contributed by atoms with Gasteiger partial charge in [0.15, 0.2) is 0 Å². The Morgan fingerprint density at radius 3 is 2.91 bits per heavy atom. The second-order valence-electron chi connectivity index (χ2n) is 5.54. The van der Waals surface area contributed by atoms with Gasteiger partial charge in [0, 0.05) is 12.4 Å². The summed E-state index contributed by atoms with van der Waals surface area (Å²) in [7, 11) is 0. The van der Waals surface area contributed by atoms with Gasteiger partial charge in [0.2, 0.25) is 5.91 Å². The molecule has 1 atom stereocenters. The lowest BCUT2D eigenvalue weighted by Crippen LogP contribution is -2.24. The Labute approximate surface area is 138 Å². The molecule has 2 aromatic rings. The van der Waals surface area contributed by atoms with Crippen molar-refractivity contribution >= 4 is 28.2 Å². The highest BCUT2D eigenvalue weighted by atomic mass is 32.1. The summed E-state index contributed by atoms with van der Waals surface area (Å²) in [5.74, 6) is -0.152. The van der Waals surface area contributed by atoms with Gasteiger partial charge in [-0.05, 0) is 49.6 Å². The lowest BCUT2D eigenvalue weighted by atomic mass is 10.1. The quantitative estimate of drug-likeness (QED) is 0.824. The summed E-state index contributed by atoms with van der Waals surface area (Å²) >= 11 is 1.38. The number of carbonyl (C=O) groups excluding carboxylic acids is 2. The number of thiophene rings is 1. The molecule has 0 aromatic carbocycles. The van der Waals surface area contributed by atoms with Crippen molar-refractivity contribution in [1.29, 1.82) is 0 Å². The molecule has 2 aromatic heterocycles. The van der Waals surface area contributed by atoms with E-state index in [0.29, 0.717) is 23.1 Å². The monoisotopic (exact) mass is 333 g/mol. The van der Waals surface area contributed by atoms with Gasteiger partial charge in [0.05, 0.1) is 12.2 Å². The molecule has 2 heterocycles. The zero-order valence-corrected chi connectivity index (χ0v) is 13.9. The summed E-state index contributed by atoms with van der Waals surface area (Å²) in [6.45, 7) is 3.86. The number of esters is 1. The van der Waals surface area contributed by atoms with Crippen molar-refractivity contribution < 1.29 is 14.3 Å². The first kappa shape index (κ1) is 15.7. The lowest BCUT2D eigenvalue weighted by molar-refractivity contribution is -0.119. The average Bonchev–Trinajstić information content (AvgIpc) is 3.08. The van der Waals surface area contributed by atoms with Crippen LogP contribution in [0.2, 0.25) is 0 Å². The third-order valence-electron chi connectivity index (χ3n) is 3.85. The fourth-order valence-corrected chi connectivity index (χ4v) is 3.45. The van der Waals surface area contributed by atoms with Crippen LogP contribution in [0.1, 0.15) is 54.6 Å². The SMILES string of the molecule is CCOC(=O)c1c(C2CC2)csc1NC(=O)C(C)n1cccn1. The van der Waals surface area contributed by atoms with E-state index < -0.39 is 6.04 Å². The van der Waals surface area contributed by atoms with Gasteiger partial charge in [-0.2, -0.15) is 5.10 Å². The third-order valence-corrected chi connectivity index (χ3v) is 4.77. The number of rotatable bonds is 6. The molecule has 0 spiro atoms. The number of aromatic nitrogens is 2. The second-order valence-corrected chi connectivity index (χ2v) is 6.42. The molecular formula is C16H19N3O3S. The van der Waals surface area contributed by atoms with Crippen LogP contribution in [0.4, 0.5) is 5.00 Å². The third kappa shape index (κ3) is 3.29. The van der Waals surface area contributed by atoms with Crippen LogP contribution in [0, 0.1) is 0 Å². The van der Waals surface area contributed by atoms with Crippen molar-refractivity contribution in [3.05, 3.63) is 35.0 Å². The molecule has 0 saturated heterocycles. The first-order valence-corrected chi connectivity index (χ1v) is 8.58. The van der Waals surface area contributed by atoms with Crippen LogP contribution in [-0.4, -0.2) is 28.3 Å². The zero-order chi connectivity index (χ0) is 16.4. The fourth-order valence-electron chi connectivity index (χ4n) is 2.42. The van der Waals surface area contributed by atoms with E-state index in [4.69, 9.17) is 4.74 Å². The Bertz CT molecular complexity index is 704. The van der Waals surface area contributed by atoms with E-state index in [9.17, 15) is 9.59 Å². The molecule has 1 N–H and O–H groups in total. The molecule has 1 aliphatic rings. The smallest absolute Gasteiger partial charge is 0.341 e. The minimum atomic E-state index is -0.452. The Morgan fingerprint density at radius 1 is 1.52 bits per heavy atom. The van der Waals surface area contributed by atoms with Gasteiger partial charge in [-0.25, -0.2) is 4.79 Å². The zero-order valence-electron chi connectivity index (χ0n) is 13.1. The van der Waals surface area contributed by atoms with Crippen LogP contribution in [0.3, 0.4) is 0 Å². The van der Waals surface area contributed by atoms with Crippen LogP contribution in [0.15, 0.2) is 23.8 Å². The van der Waals surface area contributed by atoms with Crippen LogP contribution in [0.5, 0.6) is 0 Å². The Hall–Kier alpha value is -2.15. The first-order chi connectivity index (χ1) is 11.1. The van der Waals surface area contributed by atoms with Gasteiger partial charge < -0.3 is 10.1 Å². The molecular weight excluding hydrogens is 314 g/mol. The van der Waals surface area contributed by atoms with Crippen molar-refractivity contribution in [2.75, 3.05) is 11.9 Å². The van der Waals surface area contributed by atoms with Crippen molar-refractivity contribution in [3.8, 4) is 0 Å². The van der Waals surface area contributed by atoms with E-state index in [1.807, 2.05) is 5.38 Å². The number of hydrogen-bond acceptors (Lipinski definition) is 5. The van der Waals surface area contributed by atoms with Crippen LogP contribution >= 0.6 is 11.3 Å². The molecule has 1 saturated carbocycles.